The third-order valence-corrected chi connectivity index (χ3v) is 4.53. The van der Waals surface area contributed by atoms with E-state index in [9.17, 15) is 4.79 Å². The quantitative estimate of drug-likeness (QED) is 0.801. The Morgan fingerprint density at radius 2 is 1.78 bits per heavy atom. The van der Waals surface area contributed by atoms with E-state index in [-0.39, 0.29) is 5.91 Å². The van der Waals surface area contributed by atoms with Crippen molar-refractivity contribution in [1.82, 2.24) is 4.90 Å². The molecule has 0 saturated carbocycles. The van der Waals surface area contributed by atoms with Gasteiger partial charge in [-0.05, 0) is 54.5 Å². The summed E-state index contributed by atoms with van der Waals surface area (Å²) < 4.78 is 10.7. The highest BCUT2D eigenvalue weighted by atomic mass is 16.5. The summed E-state index contributed by atoms with van der Waals surface area (Å²) in [6, 6.07) is 4.05. The normalized spacial score (nSPS) is 17.1. The van der Waals surface area contributed by atoms with Gasteiger partial charge < -0.3 is 14.4 Å². The van der Waals surface area contributed by atoms with Crippen molar-refractivity contribution in [2.45, 2.75) is 25.7 Å². The van der Waals surface area contributed by atoms with Crippen LogP contribution in [0.15, 0.2) is 29.9 Å². The number of fused-ring (bicyclic) bond motifs is 1. The standard InChI is InChI=1S/C19H23NO3/c1-22-17-12-15-7-5-14(11-16(15)13-18(17)23-2)6-8-19(21)20-9-3-4-10-20/h6,8,11-13H,3-5,7,9-10H2,1-2H3/b8-6+. The number of carbonyl (C=O) groups excluding carboxylic acids is 1. The van der Waals surface area contributed by atoms with Crippen molar-refractivity contribution in [2.24, 2.45) is 0 Å². The van der Waals surface area contributed by atoms with E-state index in [1.807, 2.05) is 23.1 Å². The van der Waals surface area contributed by atoms with Crippen molar-refractivity contribution in [1.29, 1.82) is 0 Å². The number of carbonyl (C=O) groups is 1. The molecule has 0 unspecified atom stereocenters. The van der Waals surface area contributed by atoms with E-state index in [1.165, 1.54) is 11.1 Å². The highest BCUT2D eigenvalue weighted by molar-refractivity contribution is 5.88. The van der Waals surface area contributed by atoms with Gasteiger partial charge in [-0.3, -0.25) is 4.79 Å². The summed E-state index contributed by atoms with van der Waals surface area (Å²) in [5.41, 5.74) is 3.57. The summed E-state index contributed by atoms with van der Waals surface area (Å²) in [5, 5.41) is 0. The molecular weight excluding hydrogens is 290 g/mol. The summed E-state index contributed by atoms with van der Waals surface area (Å²) in [5.74, 6) is 1.63. The van der Waals surface area contributed by atoms with E-state index in [1.54, 1.807) is 20.3 Å². The van der Waals surface area contributed by atoms with E-state index in [2.05, 4.69) is 6.08 Å². The van der Waals surface area contributed by atoms with E-state index in [0.717, 1.165) is 55.8 Å². The average molecular weight is 313 g/mol. The number of allylic oxidation sites excluding steroid dienone is 2. The molecule has 2 aliphatic rings. The van der Waals surface area contributed by atoms with Crippen LogP contribution in [0.3, 0.4) is 0 Å². The number of hydrogen-bond donors (Lipinski definition) is 0. The lowest BCUT2D eigenvalue weighted by Gasteiger charge is -2.18. The average Bonchev–Trinajstić information content (AvgIpc) is 3.12. The molecule has 0 aromatic heterocycles. The second-order valence-corrected chi connectivity index (χ2v) is 5.99. The Hall–Kier alpha value is -2.23. The Balaban J connectivity index is 1.78. The molecule has 0 radical (unpaired) electrons. The van der Waals surface area contributed by atoms with Gasteiger partial charge in [-0.2, -0.15) is 0 Å². The van der Waals surface area contributed by atoms with E-state index in [4.69, 9.17) is 9.47 Å². The number of aryl methyl sites for hydroxylation is 1. The second-order valence-electron chi connectivity index (χ2n) is 5.99. The molecule has 1 amide bonds. The maximum absolute atomic E-state index is 12.1. The van der Waals surface area contributed by atoms with Crippen LogP contribution < -0.4 is 9.47 Å². The minimum Gasteiger partial charge on any atom is -0.493 e. The molecule has 1 heterocycles. The number of methoxy groups -OCH3 is 2. The molecule has 1 aliphatic carbocycles. The summed E-state index contributed by atoms with van der Waals surface area (Å²) in [4.78, 5) is 14.0. The van der Waals surface area contributed by atoms with Crippen LogP contribution in [-0.2, 0) is 11.2 Å². The summed E-state index contributed by atoms with van der Waals surface area (Å²) >= 11 is 0. The minimum atomic E-state index is 0.126. The van der Waals surface area contributed by atoms with Gasteiger partial charge in [0.15, 0.2) is 11.5 Å². The summed E-state index contributed by atoms with van der Waals surface area (Å²) in [7, 11) is 3.30. The number of amides is 1. The first kappa shape index (κ1) is 15.7. The fraction of sp³-hybridized carbons (Fsp3) is 0.421. The predicted octanol–water partition coefficient (Wildman–Crippen LogP) is 3.21. The zero-order valence-corrected chi connectivity index (χ0v) is 13.8. The fourth-order valence-electron chi connectivity index (χ4n) is 3.19. The molecule has 0 atom stereocenters. The predicted molar refractivity (Wildman–Crippen MR) is 90.8 cm³/mol. The lowest BCUT2D eigenvalue weighted by molar-refractivity contribution is -0.124. The molecule has 0 N–H and O–H groups in total. The monoisotopic (exact) mass is 313 g/mol. The van der Waals surface area contributed by atoms with Crippen molar-refractivity contribution < 1.29 is 14.3 Å². The Bertz CT molecular complexity index is 655. The number of hydrogen-bond acceptors (Lipinski definition) is 3. The van der Waals surface area contributed by atoms with Gasteiger partial charge in [-0.1, -0.05) is 12.2 Å². The first-order chi connectivity index (χ1) is 11.2. The van der Waals surface area contributed by atoms with E-state index in [0.29, 0.717) is 0 Å². The van der Waals surface area contributed by atoms with E-state index >= 15 is 0 Å². The fourth-order valence-corrected chi connectivity index (χ4v) is 3.19. The SMILES string of the molecule is COc1cc2c(cc1OC)CCC(/C=C/C(=O)N1CCCC1)=C2. The van der Waals surface area contributed by atoms with Crippen LogP contribution in [0, 0.1) is 0 Å². The zero-order chi connectivity index (χ0) is 16.2. The maximum atomic E-state index is 12.1. The molecule has 3 rings (SSSR count). The molecule has 122 valence electrons. The molecule has 1 saturated heterocycles. The van der Waals surface area contributed by atoms with Crippen LogP contribution in [-0.4, -0.2) is 38.1 Å². The third kappa shape index (κ3) is 3.41. The van der Waals surface area contributed by atoms with Crippen LogP contribution >= 0.6 is 0 Å². The molecule has 4 heteroatoms. The molecule has 4 nitrogen and oxygen atoms in total. The van der Waals surface area contributed by atoms with Crippen molar-refractivity contribution in [3.63, 3.8) is 0 Å². The highest BCUT2D eigenvalue weighted by Crippen LogP contribution is 2.35. The Morgan fingerprint density at radius 3 is 2.48 bits per heavy atom. The zero-order valence-electron chi connectivity index (χ0n) is 13.8. The molecule has 1 aliphatic heterocycles. The number of nitrogens with zero attached hydrogens (tertiary/aromatic N) is 1. The molecule has 1 aromatic carbocycles. The van der Waals surface area contributed by atoms with Gasteiger partial charge in [-0.15, -0.1) is 0 Å². The van der Waals surface area contributed by atoms with Crippen LogP contribution in [0.4, 0.5) is 0 Å². The molecule has 0 bridgehead atoms. The highest BCUT2D eigenvalue weighted by Gasteiger charge is 2.17. The lowest BCUT2D eigenvalue weighted by atomic mass is 9.91. The molecule has 23 heavy (non-hydrogen) atoms. The van der Waals surface area contributed by atoms with Crippen LogP contribution in [0.25, 0.3) is 6.08 Å². The van der Waals surface area contributed by atoms with E-state index < -0.39 is 0 Å². The van der Waals surface area contributed by atoms with Gasteiger partial charge in [0.2, 0.25) is 5.91 Å². The van der Waals surface area contributed by atoms with Crippen molar-refractivity contribution in [3.8, 4) is 11.5 Å². The van der Waals surface area contributed by atoms with Gasteiger partial charge in [0.05, 0.1) is 14.2 Å². The number of rotatable bonds is 4. The Kier molecular flexibility index (Phi) is 4.70. The summed E-state index contributed by atoms with van der Waals surface area (Å²) in [6.45, 7) is 1.78. The van der Waals surface area contributed by atoms with Crippen molar-refractivity contribution >= 4 is 12.0 Å². The number of ether oxygens (including phenoxy) is 2. The largest absolute Gasteiger partial charge is 0.493 e. The summed E-state index contributed by atoms with van der Waals surface area (Å²) in [6.07, 6.45) is 9.93. The maximum Gasteiger partial charge on any atom is 0.246 e. The second kappa shape index (κ2) is 6.90. The Morgan fingerprint density at radius 1 is 1.09 bits per heavy atom. The topological polar surface area (TPSA) is 38.8 Å². The van der Waals surface area contributed by atoms with Crippen LogP contribution in [0.1, 0.15) is 30.4 Å². The smallest absolute Gasteiger partial charge is 0.246 e. The molecular formula is C19H23NO3. The molecule has 1 aromatic rings. The first-order valence-electron chi connectivity index (χ1n) is 8.13. The van der Waals surface area contributed by atoms with Gasteiger partial charge >= 0.3 is 0 Å². The first-order valence-corrected chi connectivity index (χ1v) is 8.13. The number of benzene rings is 1. The van der Waals surface area contributed by atoms with Gasteiger partial charge in [0, 0.05) is 19.2 Å². The minimum absolute atomic E-state index is 0.126. The molecule has 0 spiro atoms. The van der Waals surface area contributed by atoms with Crippen molar-refractivity contribution in [2.75, 3.05) is 27.3 Å². The van der Waals surface area contributed by atoms with Gasteiger partial charge in [0.25, 0.3) is 0 Å². The van der Waals surface area contributed by atoms with Gasteiger partial charge in [-0.25, -0.2) is 0 Å². The Labute approximate surface area is 137 Å². The molecule has 1 fully saturated rings. The van der Waals surface area contributed by atoms with Gasteiger partial charge in [0.1, 0.15) is 0 Å². The lowest BCUT2D eigenvalue weighted by Crippen LogP contribution is -2.25. The van der Waals surface area contributed by atoms with Crippen molar-refractivity contribution in [3.05, 3.63) is 41.0 Å². The van der Waals surface area contributed by atoms with Crippen LogP contribution in [0.2, 0.25) is 0 Å². The van der Waals surface area contributed by atoms with Crippen LogP contribution in [0.5, 0.6) is 11.5 Å². The third-order valence-electron chi connectivity index (χ3n) is 4.53. The number of likely N-dealkylation sites (tertiary alicyclic amines) is 1.